The first-order valence-electron chi connectivity index (χ1n) is 7.93. The Balaban J connectivity index is 1.96. The molecule has 0 radical (unpaired) electrons. The molecule has 1 aromatic rings. The number of piperidine rings is 1. The van der Waals surface area contributed by atoms with Crippen LogP contribution in [0.25, 0.3) is 0 Å². The second-order valence-corrected chi connectivity index (χ2v) is 9.34. The molecule has 0 aliphatic carbocycles. The summed E-state index contributed by atoms with van der Waals surface area (Å²) in [6.07, 6.45) is 5.19. The third kappa shape index (κ3) is 5.54. The van der Waals surface area contributed by atoms with E-state index in [4.69, 9.17) is 0 Å². The maximum atomic E-state index is 12.7. The molecule has 1 aliphatic rings. The number of amides is 1. The van der Waals surface area contributed by atoms with Gasteiger partial charge < -0.3 is 4.90 Å². The molecule has 1 saturated heterocycles. The summed E-state index contributed by atoms with van der Waals surface area (Å²) in [5.74, 6) is 0.0995. The molecule has 2 rings (SSSR count). The van der Waals surface area contributed by atoms with Gasteiger partial charge in [-0.05, 0) is 39.5 Å². The molecule has 0 aromatic carbocycles. The second-order valence-electron chi connectivity index (χ2n) is 6.10. The summed E-state index contributed by atoms with van der Waals surface area (Å²) in [6, 6.07) is 0.116. The van der Waals surface area contributed by atoms with Crippen LogP contribution in [0.15, 0.2) is 0 Å². The molecule has 130 valence electrons. The highest BCUT2D eigenvalue weighted by Crippen LogP contribution is 2.22. The van der Waals surface area contributed by atoms with Gasteiger partial charge in [0.05, 0.1) is 23.4 Å². The first kappa shape index (κ1) is 18.4. The van der Waals surface area contributed by atoms with E-state index in [2.05, 4.69) is 9.71 Å². The summed E-state index contributed by atoms with van der Waals surface area (Å²) >= 11 is 1.62. The number of aryl methyl sites for hydroxylation is 2. The van der Waals surface area contributed by atoms with Crippen LogP contribution in [-0.2, 0) is 21.2 Å². The quantitative estimate of drug-likeness (QED) is 0.837. The molecule has 1 atom stereocenters. The lowest BCUT2D eigenvalue weighted by Crippen LogP contribution is -2.46. The number of thiazole rings is 1. The maximum Gasteiger partial charge on any atom is 0.228 e. The summed E-state index contributed by atoms with van der Waals surface area (Å²) in [7, 11) is -3.18. The van der Waals surface area contributed by atoms with Crippen LogP contribution in [0.2, 0.25) is 0 Å². The van der Waals surface area contributed by atoms with Gasteiger partial charge in [0.1, 0.15) is 0 Å². The van der Waals surface area contributed by atoms with E-state index in [-0.39, 0.29) is 11.9 Å². The number of aromatic nitrogens is 1. The zero-order chi connectivity index (χ0) is 17.0. The van der Waals surface area contributed by atoms with E-state index in [9.17, 15) is 13.2 Å². The molecular formula is C15H25N3O3S2. The lowest BCUT2D eigenvalue weighted by molar-refractivity contribution is -0.134. The van der Waals surface area contributed by atoms with Crippen molar-refractivity contribution in [3.63, 3.8) is 0 Å². The molecule has 0 bridgehead atoms. The fourth-order valence-electron chi connectivity index (χ4n) is 3.02. The fourth-order valence-corrected chi connectivity index (χ4v) is 4.34. The Morgan fingerprint density at radius 2 is 2.13 bits per heavy atom. The standard InChI is InChI=1S/C15H25N3O3S2/c1-11-14(17-12(2)22-11)10-15(19)18-9-5-4-6-13(18)7-8-16-23(3,20)21/h13,16H,4-10H2,1-3H3/t13-/m0/s1. The molecule has 1 fully saturated rings. The summed E-state index contributed by atoms with van der Waals surface area (Å²) in [6.45, 7) is 5.08. The molecule has 1 aromatic heterocycles. The number of carbonyl (C=O) groups is 1. The third-order valence-corrected chi connectivity index (χ3v) is 5.76. The molecular weight excluding hydrogens is 334 g/mol. The molecule has 0 saturated carbocycles. The normalized spacial score (nSPS) is 19.1. The molecule has 0 unspecified atom stereocenters. The van der Waals surface area contributed by atoms with Crippen LogP contribution in [0, 0.1) is 13.8 Å². The van der Waals surface area contributed by atoms with Crippen molar-refractivity contribution in [1.82, 2.24) is 14.6 Å². The highest BCUT2D eigenvalue weighted by Gasteiger charge is 2.27. The number of nitrogens with zero attached hydrogens (tertiary/aromatic N) is 2. The molecule has 0 spiro atoms. The van der Waals surface area contributed by atoms with Crippen LogP contribution in [0.3, 0.4) is 0 Å². The van der Waals surface area contributed by atoms with Gasteiger partial charge in [0.2, 0.25) is 15.9 Å². The monoisotopic (exact) mass is 359 g/mol. The first-order valence-corrected chi connectivity index (χ1v) is 10.6. The van der Waals surface area contributed by atoms with E-state index in [0.29, 0.717) is 19.4 Å². The highest BCUT2D eigenvalue weighted by molar-refractivity contribution is 7.88. The van der Waals surface area contributed by atoms with Crippen LogP contribution < -0.4 is 4.72 Å². The van der Waals surface area contributed by atoms with Gasteiger partial charge in [-0.3, -0.25) is 4.79 Å². The van der Waals surface area contributed by atoms with E-state index in [1.54, 1.807) is 11.3 Å². The predicted octanol–water partition coefficient (Wildman–Crippen LogP) is 1.62. The number of likely N-dealkylation sites (tertiary alicyclic amines) is 1. The number of hydrogen-bond acceptors (Lipinski definition) is 5. The van der Waals surface area contributed by atoms with Crippen LogP contribution in [-0.4, -0.2) is 49.6 Å². The Morgan fingerprint density at radius 1 is 1.39 bits per heavy atom. The van der Waals surface area contributed by atoms with Crippen molar-refractivity contribution in [1.29, 1.82) is 0 Å². The van der Waals surface area contributed by atoms with Crippen LogP contribution in [0.5, 0.6) is 0 Å². The number of rotatable bonds is 6. The van der Waals surface area contributed by atoms with Gasteiger partial charge in [-0.25, -0.2) is 18.1 Å². The largest absolute Gasteiger partial charge is 0.339 e. The molecule has 1 amide bonds. The SMILES string of the molecule is Cc1nc(CC(=O)N2CCCC[C@H]2CCNS(C)(=O)=O)c(C)s1. The summed E-state index contributed by atoms with van der Waals surface area (Å²) < 4.78 is 24.9. The van der Waals surface area contributed by atoms with Crippen molar-refractivity contribution < 1.29 is 13.2 Å². The predicted molar refractivity (Wildman–Crippen MR) is 92.1 cm³/mol. The van der Waals surface area contributed by atoms with Gasteiger partial charge in [0.25, 0.3) is 0 Å². The Hall–Kier alpha value is -0.990. The summed E-state index contributed by atoms with van der Waals surface area (Å²) in [5.41, 5.74) is 0.871. The van der Waals surface area contributed by atoms with Crippen molar-refractivity contribution in [2.24, 2.45) is 0 Å². The van der Waals surface area contributed by atoms with Crippen LogP contribution in [0.4, 0.5) is 0 Å². The molecule has 6 nitrogen and oxygen atoms in total. The smallest absolute Gasteiger partial charge is 0.228 e. The van der Waals surface area contributed by atoms with Gasteiger partial charge in [0, 0.05) is 24.0 Å². The highest BCUT2D eigenvalue weighted by atomic mass is 32.2. The van der Waals surface area contributed by atoms with E-state index in [0.717, 1.165) is 47.6 Å². The molecule has 23 heavy (non-hydrogen) atoms. The lowest BCUT2D eigenvalue weighted by Gasteiger charge is -2.36. The van der Waals surface area contributed by atoms with Gasteiger partial charge in [-0.15, -0.1) is 11.3 Å². The van der Waals surface area contributed by atoms with Crippen molar-refractivity contribution in [3.8, 4) is 0 Å². The van der Waals surface area contributed by atoms with E-state index in [1.165, 1.54) is 0 Å². The fraction of sp³-hybridized carbons (Fsp3) is 0.733. The number of nitrogens with one attached hydrogen (secondary N) is 1. The van der Waals surface area contributed by atoms with Crippen LogP contribution in [0.1, 0.15) is 41.3 Å². The van der Waals surface area contributed by atoms with Gasteiger partial charge in [-0.1, -0.05) is 0 Å². The lowest BCUT2D eigenvalue weighted by atomic mass is 9.98. The minimum Gasteiger partial charge on any atom is -0.339 e. The van der Waals surface area contributed by atoms with Crippen molar-refractivity contribution in [3.05, 3.63) is 15.6 Å². The van der Waals surface area contributed by atoms with E-state index in [1.807, 2.05) is 18.7 Å². The number of hydrogen-bond donors (Lipinski definition) is 1. The molecule has 2 heterocycles. The average molecular weight is 360 g/mol. The minimum atomic E-state index is -3.18. The summed E-state index contributed by atoms with van der Waals surface area (Å²) in [4.78, 5) is 20.1. The van der Waals surface area contributed by atoms with Gasteiger partial charge >= 0.3 is 0 Å². The Bertz CT molecular complexity index is 655. The Morgan fingerprint density at radius 3 is 2.74 bits per heavy atom. The zero-order valence-electron chi connectivity index (χ0n) is 14.0. The minimum absolute atomic E-state index is 0.0995. The van der Waals surface area contributed by atoms with Crippen molar-refractivity contribution in [2.75, 3.05) is 19.3 Å². The van der Waals surface area contributed by atoms with Crippen molar-refractivity contribution in [2.45, 2.75) is 52.0 Å². The molecule has 1 aliphatic heterocycles. The van der Waals surface area contributed by atoms with Gasteiger partial charge in [0.15, 0.2) is 0 Å². The number of carbonyl (C=O) groups excluding carboxylic acids is 1. The molecule has 8 heteroatoms. The van der Waals surface area contributed by atoms with E-state index < -0.39 is 10.0 Å². The van der Waals surface area contributed by atoms with Gasteiger partial charge in [-0.2, -0.15) is 0 Å². The Labute approximate surface area is 142 Å². The molecule has 1 N–H and O–H groups in total. The van der Waals surface area contributed by atoms with Crippen molar-refractivity contribution >= 4 is 27.3 Å². The van der Waals surface area contributed by atoms with Crippen LogP contribution >= 0.6 is 11.3 Å². The summed E-state index contributed by atoms with van der Waals surface area (Å²) in [5, 5.41) is 0.984. The average Bonchev–Trinajstić information content (AvgIpc) is 2.76. The second kappa shape index (κ2) is 7.72. The topological polar surface area (TPSA) is 79.4 Å². The zero-order valence-corrected chi connectivity index (χ0v) is 15.6. The Kier molecular flexibility index (Phi) is 6.16. The number of sulfonamides is 1. The maximum absolute atomic E-state index is 12.7. The first-order chi connectivity index (χ1) is 10.8. The third-order valence-electron chi connectivity index (χ3n) is 4.11. The van der Waals surface area contributed by atoms with E-state index >= 15 is 0 Å².